The fourth-order valence-electron chi connectivity index (χ4n) is 2.79. The molecule has 1 aromatic carbocycles. The lowest BCUT2D eigenvalue weighted by atomic mass is 10.1. The Bertz CT molecular complexity index is 739. The van der Waals surface area contributed by atoms with Crippen LogP contribution in [-0.2, 0) is 16.0 Å². The van der Waals surface area contributed by atoms with E-state index in [2.05, 4.69) is 20.4 Å². The van der Waals surface area contributed by atoms with Crippen LogP contribution in [0.3, 0.4) is 0 Å². The van der Waals surface area contributed by atoms with Crippen molar-refractivity contribution in [2.24, 2.45) is 0 Å². The van der Waals surface area contributed by atoms with Crippen LogP contribution in [0, 0.1) is 6.92 Å². The van der Waals surface area contributed by atoms with Crippen LogP contribution >= 0.6 is 0 Å². The monoisotopic (exact) mass is 339 g/mol. The fraction of sp³-hybridized carbons (Fsp3) is 0.333. The van der Waals surface area contributed by atoms with Crippen LogP contribution < -0.4 is 10.2 Å². The van der Waals surface area contributed by atoms with Crippen molar-refractivity contribution < 1.29 is 9.59 Å². The summed E-state index contributed by atoms with van der Waals surface area (Å²) in [6.07, 6.45) is 1.18. The number of hydrogen-bond donors (Lipinski definition) is 1. The van der Waals surface area contributed by atoms with Crippen molar-refractivity contribution in [3.8, 4) is 0 Å². The number of aryl methyl sites for hydroxylation is 1. The second-order valence-electron chi connectivity index (χ2n) is 6.06. The van der Waals surface area contributed by atoms with Gasteiger partial charge in [0.05, 0.1) is 6.42 Å². The van der Waals surface area contributed by atoms with Gasteiger partial charge < -0.3 is 15.1 Å². The molecule has 1 aliphatic heterocycles. The molecule has 0 atom stereocenters. The minimum atomic E-state index is -0.115. The Balaban J connectivity index is 1.56. The molecule has 3 rings (SSSR count). The second-order valence-corrected chi connectivity index (χ2v) is 6.06. The Hall–Kier alpha value is -2.96. The third-order valence-electron chi connectivity index (χ3n) is 4.32. The zero-order chi connectivity index (χ0) is 17.6. The molecule has 2 amide bonds. The Morgan fingerprint density at radius 3 is 2.52 bits per heavy atom. The number of carbonyl (C=O) groups is 2. The van der Waals surface area contributed by atoms with Crippen LogP contribution in [0.15, 0.2) is 36.4 Å². The minimum absolute atomic E-state index is 0.115. The molecule has 130 valence electrons. The van der Waals surface area contributed by atoms with E-state index >= 15 is 0 Å². The van der Waals surface area contributed by atoms with E-state index in [1.807, 2.05) is 37.3 Å². The third-order valence-corrected chi connectivity index (χ3v) is 4.32. The molecule has 1 saturated heterocycles. The maximum absolute atomic E-state index is 12.2. The number of amides is 2. The van der Waals surface area contributed by atoms with Crippen molar-refractivity contribution in [1.82, 2.24) is 15.1 Å². The summed E-state index contributed by atoms with van der Waals surface area (Å²) in [5.41, 5.74) is 2.09. The van der Waals surface area contributed by atoms with Crippen molar-refractivity contribution >= 4 is 24.0 Å². The van der Waals surface area contributed by atoms with Gasteiger partial charge in [0.2, 0.25) is 12.3 Å². The Labute approximate surface area is 146 Å². The van der Waals surface area contributed by atoms with E-state index in [0.717, 1.165) is 36.4 Å². The van der Waals surface area contributed by atoms with Crippen molar-refractivity contribution in [1.29, 1.82) is 0 Å². The number of nitrogens with zero attached hydrogens (tertiary/aromatic N) is 4. The molecule has 1 fully saturated rings. The van der Waals surface area contributed by atoms with Crippen molar-refractivity contribution in [3.05, 3.63) is 47.5 Å². The Kier molecular flexibility index (Phi) is 5.23. The average Bonchev–Trinajstić information content (AvgIpc) is 2.64. The lowest BCUT2D eigenvalue weighted by Gasteiger charge is -2.32. The zero-order valence-electron chi connectivity index (χ0n) is 14.2. The molecular weight excluding hydrogens is 318 g/mol. The van der Waals surface area contributed by atoms with E-state index in [1.54, 1.807) is 11.0 Å². The van der Waals surface area contributed by atoms with Gasteiger partial charge in [-0.1, -0.05) is 24.3 Å². The highest BCUT2D eigenvalue weighted by molar-refractivity contribution is 5.91. The Morgan fingerprint density at radius 2 is 1.88 bits per heavy atom. The van der Waals surface area contributed by atoms with Gasteiger partial charge in [-0.3, -0.25) is 9.59 Å². The first-order valence-electron chi connectivity index (χ1n) is 8.28. The minimum Gasteiger partial charge on any atom is -0.352 e. The summed E-state index contributed by atoms with van der Waals surface area (Å²) in [7, 11) is 0. The lowest BCUT2D eigenvalue weighted by molar-refractivity contribution is -0.118. The maximum Gasteiger partial charge on any atom is 0.230 e. The molecule has 2 heterocycles. The van der Waals surface area contributed by atoms with Crippen LogP contribution in [0.4, 0.5) is 11.6 Å². The molecule has 0 saturated carbocycles. The molecule has 0 radical (unpaired) electrons. The van der Waals surface area contributed by atoms with Gasteiger partial charge in [0.15, 0.2) is 11.6 Å². The van der Waals surface area contributed by atoms with Crippen LogP contribution in [-0.4, -0.2) is 53.6 Å². The summed E-state index contributed by atoms with van der Waals surface area (Å²) in [5.74, 6) is 1.08. The molecule has 0 bridgehead atoms. The topological polar surface area (TPSA) is 78.4 Å². The van der Waals surface area contributed by atoms with E-state index in [1.165, 1.54) is 0 Å². The number of hydrogen-bond acceptors (Lipinski definition) is 5. The molecule has 0 aliphatic carbocycles. The van der Waals surface area contributed by atoms with Gasteiger partial charge in [-0.25, -0.2) is 0 Å². The molecule has 7 nitrogen and oxygen atoms in total. The smallest absolute Gasteiger partial charge is 0.230 e. The third kappa shape index (κ3) is 4.32. The van der Waals surface area contributed by atoms with E-state index in [4.69, 9.17) is 0 Å². The van der Waals surface area contributed by atoms with Gasteiger partial charge >= 0.3 is 0 Å². The molecular formula is C18H21N5O2. The predicted octanol–water partition coefficient (Wildman–Crippen LogP) is 1.24. The van der Waals surface area contributed by atoms with Crippen molar-refractivity contribution in [2.45, 2.75) is 13.3 Å². The maximum atomic E-state index is 12.2. The highest BCUT2D eigenvalue weighted by Crippen LogP contribution is 2.14. The number of anilines is 2. The summed E-state index contributed by atoms with van der Waals surface area (Å²) in [6, 6.07) is 11.4. The molecule has 2 aromatic rings. The molecule has 0 spiro atoms. The number of rotatable bonds is 5. The molecule has 1 N–H and O–H groups in total. The predicted molar refractivity (Wildman–Crippen MR) is 95.4 cm³/mol. The van der Waals surface area contributed by atoms with Gasteiger partial charge in [0.25, 0.3) is 0 Å². The van der Waals surface area contributed by atoms with E-state index in [-0.39, 0.29) is 5.91 Å². The van der Waals surface area contributed by atoms with Gasteiger partial charge in [0, 0.05) is 26.2 Å². The van der Waals surface area contributed by atoms with Crippen molar-refractivity contribution in [2.75, 3.05) is 36.4 Å². The Morgan fingerprint density at radius 1 is 1.12 bits per heavy atom. The first kappa shape index (κ1) is 16.9. The molecule has 1 aliphatic rings. The van der Waals surface area contributed by atoms with Crippen LogP contribution in [0.25, 0.3) is 0 Å². The summed E-state index contributed by atoms with van der Waals surface area (Å²) in [6.45, 7) is 4.81. The standard InChI is InChI=1S/C18H21N5O2/c1-14-4-2-3-5-15(14)12-18(25)19-16-6-7-17(21-20-16)23-10-8-22(13-24)9-11-23/h2-7,13H,8-12H2,1H3,(H,19,20,25). The first-order valence-corrected chi connectivity index (χ1v) is 8.28. The normalized spacial score (nSPS) is 14.3. The number of carbonyl (C=O) groups excluding carboxylic acids is 2. The quantitative estimate of drug-likeness (QED) is 0.830. The van der Waals surface area contributed by atoms with Gasteiger partial charge in [-0.15, -0.1) is 10.2 Å². The van der Waals surface area contributed by atoms with E-state index in [0.29, 0.717) is 25.3 Å². The molecule has 0 unspecified atom stereocenters. The highest BCUT2D eigenvalue weighted by atomic mass is 16.1. The lowest BCUT2D eigenvalue weighted by Crippen LogP contribution is -2.46. The zero-order valence-corrected chi connectivity index (χ0v) is 14.2. The van der Waals surface area contributed by atoms with Gasteiger partial charge in [0.1, 0.15) is 0 Å². The van der Waals surface area contributed by atoms with E-state index < -0.39 is 0 Å². The molecule has 1 aromatic heterocycles. The number of benzene rings is 1. The summed E-state index contributed by atoms with van der Waals surface area (Å²) in [4.78, 5) is 26.7. The SMILES string of the molecule is Cc1ccccc1CC(=O)Nc1ccc(N2CCN(C=O)CC2)nn1. The second kappa shape index (κ2) is 7.74. The largest absolute Gasteiger partial charge is 0.352 e. The summed E-state index contributed by atoms with van der Waals surface area (Å²) in [5, 5.41) is 11.1. The summed E-state index contributed by atoms with van der Waals surface area (Å²) < 4.78 is 0. The number of piperazine rings is 1. The van der Waals surface area contributed by atoms with Crippen LogP contribution in [0.1, 0.15) is 11.1 Å². The number of aromatic nitrogens is 2. The number of nitrogens with one attached hydrogen (secondary N) is 1. The average molecular weight is 339 g/mol. The highest BCUT2D eigenvalue weighted by Gasteiger charge is 2.17. The van der Waals surface area contributed by atoms with Crippen LogP contribution in [0.5, 0.6) is 0 Å². The van der Waals surface area contributed by atoms with Gasteiger partial charge in [-0.05, 0) is 30.2 Å². The first-order chi connectivity index (χ1) is 12.2. The van der Waals surface area contributed by atoms with Crippen molar-refractivity contribution in [3.63, 3.8) is 0 Å². The van der Waals surface area contributed by atoms with Gasteiger partial charge in [-0.2, -0.15) is 0 Å². The molecule has 7 heteroatoms. The summed E-state index contributed by atoms with van der Waals surface area (Å²) >= 11 is 0. The van der Waals surface area contributed by atoms with E-state index in [9.17, 15) is 9.59 Å². The molecule has 25 heavy (non-hydrogen) atoms. The van der Waals surface area contributed by atoms with Crippen LogP contribution in [0.2, 0.25) is 0 Å². The fourth-order valence-corrected chi connectivity index (χ4v) is 2.79.